The first-order chi connectivity index (χ1) is 10.1. The van der Waals surface area contributed by atoms with E-state index in [4.69, 9.17) is 4.74 Å². The maximum Gasteiger partial charge on any atom is 0.223 e. The summed E-state index contributed by atoms with van der Waals surface area (Å²) < 4.78 is 4.91. The van der Waals surface area contributed by atoms with Crippen molar-refractivity contribution < 1.29 is 14.3 Å². The molecule has 1 rings (SSSR count). The lowest BCUT2D eigenvalue weighted by Crippen LogP contribution is -2.41. The van der Waals surface area contributed by atoms with Crippen molar-refractivity contribution in [3.63, 3.8) is 0 Å². The number of halogens is 1. The predicted molar refractivity (Wildman–Crippen MR) is 89.2 cm³/mol. The highest BCUT2D eigenvalue weighted by atomic mass is 35.5. The fraction of sp³-hybridized carbons (Fsp3) is 0.867. The Morgan fingerprint density at radius 3 is 2.50 bits per heavy atom. The quantitative estimate of drug-likeness (QED) is 0.517. The summed E-state index contributed by atoms with van der Waals surface area (Å²) in [7, 11) is 1.66. The second kappa shape index (κ2) is 12.7. The maximum absolute atomic E-state index is 11.9. The topological polar surface area (TPSA) is 79.5 Å². The zero-order chi connectivity index (χ0) is 15.5. The molecule has 1 aliphatic rings. The fourth-order valence-electron chi connectivity index (χ4n) is 2.54. The minimum Gasteiger partial charge on any atom is -0.383 e. The van der Waals surface area contributed by atoms with Crippen LogP contribution in [0.15, 0.2) is 0 Å². The number of nitrogens with one attached hydrogen (secondary N) is 3. The minimum atomic E-state index is -0.112. The molecule has 0 saturated heterocycles. The van der Waals surface area contributed by atoms with Gasteiger partial charge in [0.25, 0.3) is 0 Å². The third-order valence-electron chi connectivity index (χ3n) is 3.71. The molecule has 0 radical (unpaired) electrons. The minimum absolute atomic E-state index is 0. The molecule has 0 aromatic rings. The van der Waals surface area contributed by atoms with Crippen molar-refractivity contribution in [2.75, 3.05) is 33.4 Å². The van der Waals surface area contributed by atoms with E-state index >= 15 is 0 Å². The number of carbonyl (C=O) groups excluding carboxylic acids is 2. The molecule has 22 heavy (non-hydrogen) atoms. The molecule has 0 bridgehead atoms. The van der Waals surface area contributed by atoms with Crippen LogP contribution in [0.2, 0.25) is 0 Å². The van der Waals surface area contributed by atoms with Crippen LogP contribution in [-0.4, -0.2) is 51.2 Å². The number of methoxy groups -OCH3 is 1. The van der Waals surface area contributed by atoms with Crippen LogP contribution in [0.5, 0.6) is 0 Å². The van der Waals surface area contributed by atoms with E-state index in [9.17, 15) is 9.59 Å². The molecule has 0 spiro atoms. The van der Waals surface area contributed by atoms with Gasteiger partial charge in [-0.15, -0.1) is 12.4 Å². The number of amides is 2. The van der Waals surface area contributed by atoms with Gasteiger partial charge in [0.05, 0.1) is 6.61 Å². The Hall–Kier alpha value is -0.850. The Morgan fingerprint density at radius 1 is 1.18 bits per heavy atom. The summed E-state index contributed by atoms with van der Waals surface area (Å²) in [6, 6.07) is -0.112. The summed E-state index contributed by atoms with van der Waals surface area (Å²) in [5.41, 5.74) is 0. The van der Waals surface area contributed by atoms with Gasteiger partial charge in [0.1, 0.15) is 0 Å². The summed E-state index contributed by atoms with van der Waals surface area (Å²) >= 11 is 0. The highest BCUT2D eigenvalue weighted by molar-refractivity contribution is 5.85. The molecule has 3 N–H and O–H groups in total. The van der Waals surface area contributed by atoms with Crippen molar-refractivity contribution in [3.05, 3.63) is 0 Å². The third kappa shape index (κ3) is 9.23. The summed E-state index contributed by atoms with van der Waals surface area (Å²) in [5.74, 6) is 0.234. The summed E-state index contributed by atoms with van der Waals surface area (Å²) in [6.45, 7) is 4.63. The van der Waals surface area contributed by atoms with Gasteiger partial charge < -0.3 is 20.7 Å². The summed E-state index contributed by atoms with van der Waals surface area (Å²) in [4.78, 5) is 23.7. The van der Waals surface area contributed by atoms with Crippen molar-refractivity contribution in [1.29, 1.82) is 0 Å². The van der Waals surface area contributed by atoms with Gasteiger partial charge in [-0.25, -0.2) is 0 Å². The Balaban J connectivity index is 0.00000441. The molecule has 1 atom stereocenters. The molecule has 7 heteroatoms. The van der Waals surface area contributed by atoms with E-state index in [1.54, 1.807) is 7.11 Å². The first-order valence-electron chi connectivity index (χ1n) is 7.90. The Bertz CT molecular complexity index is 323. The van der Waals surface area contributed by atoms with Gasteiger partial charge in [0.2, 0.25) is 11.8 Å². The average Bonchev–Trinajstić information content (AvgIpc) is 2.96. The van der Waals surface area contributed by atoms with Gasteiger partial charge in [-0.3, -0.25) is 9.59 Å². The van der Waals surface area contributed by atoms with E-state index in [2.05, 4.69) is 16.0 Å². The predicted octanol–water partition coefficient (Wildman–Crippen LogP) is 0.845. The molecular formula is C15H30ClN3O3. The molecule has 130 valence electrons. The van der Waals surface area contributed by atoms with Crippen LogP contribution in [0.4, 0.5) is 0 Å². The second-order valence-electron chi connectivity index (χ2n) is 5.69. The lowest BCUT2D eigenvalue weighted by molar-refractivity contribution is -0.126. The van der Waals surface area contributed by atoms with Crippen molar-refractivity contribution in [2.45, 2.75) is 45.1 Å². The smallest absolute Gasteiger partial charge is 0.223 e. The lowest BCUT2D eigenvalue weighted by Gasteiger charge is -2.16. The molecular weight excluding hydrogens is 306 g/mol. The molecule has 1 unspecified atom stereocenters. The number of ether oxygens (including phenoxy) is 1. The molecule has 0 aliphatic heterocycles. The average molecular weight is 336 g/mol. The first kappa shape index (κ1) is 21.1. The van der Waals surface area contributed by atoms with Crippen LogP contribution in [-0.2, 0) is 14.3 Å². The van der Waals surface area contributed by atoms with E-state index in [0.29, 0.717) is 19.6 Å². The number of carbonyl (C=O) groups is 2. The zero-order valence-corrected chi connectivity index (χ0v) is 14.5. The van der Waals surface area contributed by atoms with E-state index in [1.165, 1.54) is 0 Å². The largest absolute Gasteiger partial charge is 0.383 e. The second-order valence-corrected chi connectivity index (χ2v) is 5.69. The van der Waals surface area contributed by atoms with Gasteiger partial charge in [0.15, 0.2) is 0 Å². The van der Waals surface area contributed by atoms with E-state index < -0.39 is 0 Å². The highest BCUT2D eigenvalue weighted by Crippen LogP contribution is 2.24. The van der Waals surface area contributed by atoms with Crippen LogP contribution in [0, 0.1) is 5.92 Å². The van der Waals surface area contributed by atoms with E-state index in [1.807, 2.05) is 6.92 Å². The first-order valence-corrected chi connectivity index (χ1v) is 7.90. The summed E-state index contributed by atoms with van der Waals surface area (Å²) in [6.07, 6.45) is 4.58. The summed E-state index contributed by atoms with van der Waals surface area (Å²) in [5, 5.41) is 8.93. The number of hydrogen-bond donors (Lipinski definition) is 3. The molecule has 1 saturated carbocycles. The monoisotopic (exact) mass is 335 g/mol. The van der Waals surface area contributed by atoms with Gasteiger partial charge in [-0.1, -0.05) is 12.8 Å². The van der Waals surface area contributed by atoms with Gasteiger partial charge in [-0.05, 0) is 19.8 Å². The van der Waals surface area contributed by atoms with Gasteiger partial charge >= 0.3 is 0 Å². The lowest BCUT2D eigenvalue weighted by atomic mass is 10.1. The molecule has 6 nitrogen and oxygen atoms in total. The van der Waals surface area contributed by atoms with Crippen LogP contribution >= 0.6 is 12.4 Å². The van der Waals surface area contributed by atoms with Crippen LogP contribution in [0.1, 0.15) is 39.0 Å². The SMILES string of the molecule is COCCNCCNC(=O)CC(C)NC(=O)C1CCCC1.Cl. The molecule has 0 aromatic carbocycles. The normalized spacial score (nSPS) is 15.9. The van der Waals surface area contributed by atoms with Crippen molar-refractivity contribution in [3.8, 4) is 0 Å². The maximum atomic E-state index is 11.9. The Kier molecular flexibility index (Phi) is 12.2. The molecule has 1 aliphatic carbocycles. The van der Waals surface area contributed by atoms with E-state index in [0.717, 1.165) is 38.8 Å². The Labute approximate surface area is 139 Å². The standard InChI is InChI=1S/C15H29N3O3.ClH/c1-12(18-15(20)13-5-3-4-6-13)11-14(19)17-8-7-16-9-10-21-2;/h12-13,16H,3-11H2,1-2H3,(H,17,19)(H,18,20);1H. The number of hydrogen-bond acceptors (Lipinski definition) is 4. The van der Waals surface area contributed by atoms with Crippen LogP contribution in [0.25, 0.3) is 0 Å². The van der Waals surface area contributed by atoms with Gasteiger partial charge in [0, 0.05) is 45.1 Å². The van der Waals surface area contributed by atoms with Crippen LogP contribution in [0.3, 0.4) is 0 Å². The van der Waals surface area contributed by atoms with Crippen molar-refractivity contribution in [2.24, 2.45) is 5.92 Å². The van der Waals surface area contributed by atoms with E-state index in [-0.39, 0.29) is 36.2 Å². The molecule has 2 amide bonds. The Morgan fingerprint density at radius 2 is 1.86 bits per heavy atom. The van der Waals surface area contributed by atoms with Gasteiger partial charge in [-0.2, -0.15) is 0 Å². The molecule has 1 fully saturated rings. The van der Waals surface area contributed by atoms with Crippen molar-refractivity contribution in [1.82, 2.24) is 16.0 Å². The third-order valence-corrected chi connectivity index (χ3v) is 3.71. The molecule has 0 heterocycles. The fourth-order valence-corrected chi connectivity index (χ4v) is 2.54. The highest BCUT2D eigenvalue weighted by Gasteiger charge is 2.23. The number of rotatable bonds is 10. The van der Waals surface area contributed by atoms with Crippen LogP contribution < -0.4 is 16.0 Å². The zero-order valence-electron chi connectivity index (χ0n) is 13.7. The molecule has 0 aromatic heterocycles. The van der Waals surface area contributed by atoms with Crippen molar-refractivity contribution >= 4 is 24.2 Å².